The summed E-state index contributed by atoms with van der Waals surface area (Å²) in [6.07, 6.45) is -5.67. The second kappa shape index (κ2) is 8.49. The van der Waals surface area contributed by atoms with E-state index in [1.807, 2.05) is 5.32 Å². The fraction of sp³-hybridized carbons (Fsp3) is 0.182. The van der Waals surface area contributed by atoms with Gasteiger partial charge < -0.3 is 10.6 Å². The molecule has 0 bridgehead atoms. The Bertz CT molecular complexity index is 1380. The number of aryl methyl sites for hydroxylation is 1. The standard InChI is InChI=1S/C22H16ClF3N4O4/c23-13-7-9-14(10-8-13)30-17-16(18(32)28-20(30)34)21(19(33)27-17,22(24,25)26)29-15(31)11-6-12-4-2-1-3-5-12/h1-5,7-10H,6,11H2,(H,27,33)(H,29,31)(H,28,32,34)/t21-/m0/s1. The normalized spacial score (nSPS) is 17.2. The molecular formula is C22H16ClF3N4O4. The molecule has 1 aliphatic heterocycles. The number of carbonyl (C=O) groups excluding carboxylic acids is 2. The van der Waals surface area contributed by atoms with E-state index in [2.05, 4.69) is 0 Å². The molecule has 12 heteroatoms. The molecule has 4 rings (SSSR count). The molecule has 1 atom stereocenters. The number of carbonyl (C=O) groups is 2. The molecule has 3 N–H and O–H groups in total. The average Bonchev–Trinajstić information content (AvgIpc) is 3.07. The van der Waals surface area contributed by atoms with Crippen LogP contribution < -0.4 is 21.9 Å². The van der Waals surface area contributed by atoms with Gasteiger partial charge in [-0.2, -0.15) is 13.2 Å². The Morgan fingerprint density at radius 2 is 1.68 bits per heavy atom. The molecule has 2 heterocycles. The summed E-state index contributed by atoms with van der Waals surface area (Å²) in [6.45, 7) is 0. The highest BCUT2D eigenvalue weighted by Crippen LogP contribution is 2.45. The first-order chi connectivity index (χ1) is 16.0. The van der Waals surface area contributed by atoms with Gasteiger partial charge in [-0.1, -0.05) is 41.9 Å². The number of nitrogens with zero attached hydrogens (tertiary/aromatic N) is 1. The first-order valence-electron chi connectivity index (χ1n) is 9.93. The molecule has 8 nitrogen and oxygen atoms in total. The maximum atomic E-state index is 14.4. The van der Waals surface area contributed by atoms with Crippen LogP contribution in [0.1, 0.15) is 17.5 Å². The predicted octanol–water partition coefficient (Wildman–Crippen LogP) is 2.64. The number of aromatic nitrogens is 2. The maximum absolute atomic E-state index is 14.4. The molecule has 34 heavy (non-hydrogen) atoms. The Labute approximate surface area is 194 Å². The number of alkyl halides is 3. The first-order valence-corrected chi connectivity index (χ1v) is 10.3. The fourth-order valence-electron chi connectivity index (χ4n) is 3.79. The molecular weight excluding hydrogens is 477 g/mol. The molecule has 2 aromatic carbocycles. The third-order valence-electron chi connectivity index (χ3n) is 5.38. The predicted molar refractivity (Wildman–Crippen MR) is 117 cm³/mol. The van der Waals surface area contributed by atoms with E-state index in [1.54, 1.807) is 40.6 Å². The van der Waals surface area contributed by atoms with Crippen molar-refractivity contribution in [2.24, 2.45) is 0 Å². The van der Waals surface area contributed by atoms with E-state index in [9.17, 15) is 32.3 Å². The van der Waals surface area contributed by atoms with E-state index in [-0.39, 0.29) is 23.6 Å². The third kappa shape index (κ3) is 3.87. The Hall–Kier alpha value is -3.86. The highest BCUT2D eigenvalue weighted by Gasteiger charge is 2.68. The Balaban J connectivity index is 1.82. The van der Waals surface area contributed by atoms with Crippen LogP contribution in [-0.4, -0.2) is 27.5 Å². The first kappa shape index (κ1) is 23.3. The van der Waals surface area contributed by atoms with Gasteiger partial charge in [0.25, 0.3) is 11.5 Å². The van der Waals surface area contributed by atoms with Crippen molar-refractivity contribution in [1.82, 2.24) is 14.9 Å². The third-order valence-corrected chi connectivity index (χ3v) is 5.63. The highest BCUT2D eigenvalue weighted by atomic mass is 35.5. The monoisotopic (exact) mass is 492 g/mol. The summed E-state index contributed by atoms with van der Waals surface area (Å²) >= 11 is 5.83. The van der Waals surface area contributed by atoms with Crippen molar-refractivity contribution in [1.29, 1.82) is 0 Å². The largest absolute Gasteiger partial charge is 0.425 e. The van der Waals surface area contributed by atoms with Gasteiger partial charge in [0.15, 0.2) is 0 Å². The van der Waals surface area contributed by atoms with Crippen LogP contribution in [0.4, 0.5) is 19.0 Å². The van der Waals surface area contributed by atoms with Crippen molar-refractivity contribution in [2.45, 2.75) is 24.6 Å². The topological polar surface area (TPSA) is 113 Å². The molecule has 0 aliphatic carbocycles. The summed E-state index contributed by atoms with van der Waals surface area (Å²) in [7, 11) is 0. The Morgan fingerprint density at radius 3 is 2.29 bits per heavy atom. The molecule has 176 valence electrons. The van der Waals surface area contributed by atoms with Crippen LogP contribution in [0.3, 0.4) is 0 Å². The number of halogens is 4. The number of rotatable bonds is 5. The van der Waals surface area contributed by atoms with Crippen molar-refractivity contribution in [3.05, 3.63) is 91.6 Å². The van der Waals surface area contributed by atoms with Crippen molar-refractivity contribution < 1.29 is 22.8 Å². The van der Waals surface area contributed by atoms with Crippen LogP contribution in [0.25, 0.3) is 5.69 Å². The van der Waals surface area contributed by atoms with Gasteiger partial charge in [0.1, 0.15) is 11.4 Å². The van der Waals surface area contributed by atoms with Crippen molar-refractivity contribution in [3.63, 3.8) is 0 Å². The highest BCUT2D eigenvalue weighted by molar-refractivity contribution is 6.30. The van der Waals surface area contributed by atoms with Gasteiger partial charge in [-0.25, -0.2) is 9.36 Å². The number of nitrogens with one attached hydrogen (secondary N) is 3. The molecule has 1 aliphatic rings. The van der Waals surface area contributed by atoms with Crippen molar-refractivity contribution >= 4 is 29.2 Å². The van der Waals surface area contributed by atoms with Crippen LogP contribution in [0, 0.1) is 0 Å². The minimum absolute atomic E-state index is 0.0376. The number of fused-ring (bicyclic) bond motifs is 1. The van der Waals surface area contributed by atoms with Crippen molar-refractivity contribution in [3.8, 4) is 5.69 Å². The zero-order valence-electron chi connectivity index (χ0n) is 17.2. The van der Waals surface area contributed by atoms with Gasteiger partial charge >= 0.3 is 11.9 Å². The van der Waals surface area contributed by atoms with E-state index in [1.165, 1.54) is 24.3 Å². The summed E-state index contributed by atoms with van der Waals surface area (Å²) < 4.78 is 43.9. The quantitative estimate of drug-likeness (QED) is 0.508. The Kier molecular flexibility index (Phi) is 5.82. The van der Waals surface area contributed by atoms with E-state index < -0.39 is 46.2 Å². The smallest absolute Gasteiger partial charge is 0.330 e. The minimum atomic E-state index is -5.40. The van der Waals surface area contributed by atoms with Gasteiger partial charge in [-0.05, 0) is 36.2 Å². The van der Waals surface area contributed by atoms with Gasteiger partial charge in [-0.15, -0.1) is 0 Å². The Morgan fingerprint density at radius 1 is 1.03 bits per heavy atom. The second-order valence-corrected chi connectivity index (χ2v) is 7.97. The zero-order valence-corrected chi connectivity index (χ0v) is 18.0. The summed E-state index contributed by atoms with van der Waals surface area (Å²) in [4.78, 5) is 52.2. The van der Waals surface area contributed by atoms with E-state index in [4.69, 9.17) is 11.6 Å². The number of hydrogen-bond acceptors (Lipinski definition) is 4. The lowest BCUT2D eigenvalue weighted by Crippen LogP contribution is -2.62. The van der Waals surface area contributed by atoms with Gasteiger partial charge in [-0.3, -0.25) is 19.4 Å². The number of hydrogen-bond donors (Lipinski definition) is 3. The molecule has 0 radical (unpaired) electrons. The van der Waals surface area contributed by atoms with Crippen LogP contribution in [-0.2, 0) is 21.5 Å². The molecule has 1 aromatic heterocycles. The number of H-pyrrole nitrogens is 1. The van der Waals surface area contributed by atoms with Crippen LogP contribution in [0.5, 0.6) is 0 Å². The number of benzene rings is 2. The summed E-state index contributed by atoms with van der Waals surface area (Å²) in [6, 6.07) is 13.9. The minimum Gasteiger partial charge on any atom is -0.330 e. The summed E-state index contributed by atoms with van der Waals surface area (Å²) in [5, 5.41) is 3.99. The lowest BCUT2D eigenvalue weighted by Gasteiger charge is -2.30. The van der Waals surface area contributed by atoms with E-state index in [0.29, 0.717) is 10.1 Å². The number of amides is 2. The van der Waals surface area contributed by atoms with Crippen LogP contribution in [0.2, 0.25) is 5.02 Å². The van der Waals surface area contributed by atoms with E-state index >= 15 is 0 Å². The molecule has 0 unspecified atom stereocenters. The lowest BCUT2D eigenvalue weighted by atomic mass is 9.91. The van der Waals surface area contributed by atoms with E-state index in [0.717, 1.165) is 0 Å². The number of anilines is 1. The molecule has 0 saturated carbocycles. The summed E-state index contributed by atoms with van der Waals surface area (Å²) in [5.74, 6) is -3.50. The number of aromatic amines is 1. The lowest BCUT2D eigenvalue weighted by molar-refractivity contribution is -0.200. The van der Waals surface area contributed by atoms with Crippen LogP contribution in [0.15, 0.2) is 64.2 Å². The van der Waals surface area contributed by atoms with Crippen LogP contribution >= 0.6 is 11.6 Å². The van der Waals surface area contributed by atoms with Gasteiger partial charge in [0.05, 0.1) is 5.69 Å². The fourth-order valence-corrected chi connectivity index (χ4v) is 3.91. The molecule has 0 saturated heterocycles. The van der Waals surface area contributed by atoms with Gasteiger partial charge in [0, 0.05) is 11.4 Å². The SMILES string of the molecule is O=C(CCc1ccccc1)N[C@]1(C(F)(F)F)C(=O)Nc2c1c(=O)[nH]c(=O)n2-c1ccc(Cl)cc1. The molecule has 2 amide bonds. The molecule has 0 spiro atoms. The molecule has 0 fully saturated rings. The second-order valence-electron chi connectivity index (χ2n) is 7.53. The van der Waals surface area contributed by atoms with Gasteiger partial charge in [0.2, 0.25) is 11.4 Å². The zero-order chi connectivity index (χ0) is 24.7. The maximum Gasteiger partial charge on any atom is 0.425 e. The average molecular weight is 493 g/mol. The molecule has 3 aromatic rings. The van der Waals surface area contributed by atoms with Crippen molar-refractivity contribution in [2.75, 3.05) is 5.32 Å². The summed E-state index contributed by atoms with van der Waals surface area (Å²) in [5.41, 5.74) is -6.62.